The summed E-state index contributed by atoms with van der Waals surface area (Å²) in [5.41, 5.74) is 1.19. The molecular weight excluding hydrogens is 422 g/mol. The summed E-state index contributed by atoms with van der Waals surface area (Å²) >= 11 is 2.87. The summed E-state index contributed by atoms with van der Waals surface area (Å²) in [5, 5.41) is 12.1. The maximum absolute atomic E-state index is 12.5. The van der Waals surface area contributed by atoms with Crippen LogP contribution in [0.5, 0.6) is 0 Å². The van der Waals surface area contributed by atoms with E-state index in [-0.39, 0.29) is 11.8 Å². The molecule has 1 aromatic heterocycles. The van der Waals surface area contributed by atoms with E-state index in [2.05, 4.69) is 32.5 Å². The Morgan fingerprint density at radius 3 is 2.67 bits per heavy atom. The summed E-state index contributed by atoms with van der Waals surface area (Å²) in [5.74, 6) is 0.463. The Bertz CT molecular complexity index is 810. The van der Waals surface area contributed by atoms with Gasteiger partial charge < -0.3 is 19.9 Å². The van der Waals surface area contributed by atoms with Crippen LogP contribution < -0.4 is 10.2 Å². The number of aryl methyl sites for hydroxylation is 1. The highest BCUT2D eigenvalue weighted by Crippen LogP contribution is 2.28. The monoisotopic (exact) mass is 449 g/mol. The molecule has 2 amide bonds. The molecule has 0 aliphatic carbocycles. The third-order valence-corrected chi connectivity index (χ3v) is 6.84. The lowest BCUT2D eigenvalue weighted by atomic mass is 10.1. The lowest BCUT2D eigenvalue weighted by molar-refractivity contribution is -0.131. The molecule has 0 radical (unpaired) electrons. The number of anilines is 1. The number of nitrogens with one attached hydrogen (secondary N) is 1. The summed E-state index contributed by atoms with van der Waals surface area (Å²) in [4.78, 5) is 28.3. The Morgan fingerprint density at radius 1 is 1.17 bits per heavy atom. The third-order valence-electron chi connectivity index (χ3n) is 4.72. The molecule has 1 aliphatic rings. The zero-order chi connectivity index (χ0) is 21.2. The largest absolute Gasteiger partial charge is 0.383 e. The van der Waals surface area contributed by atoms with E-state index < -0.39 is 0 Å². The van der Waals surface area contributed by atoms with Crippen LogP contribution in [0, 0.1) is 0 Å². The number of piperazine rings is 1. The fourth-order valence-electron chi connectivity index (χ4n) is 3.06. The molecule has 2 aromatic rings. The molecule has 10 heteroatoms. The fraction of sp³-hybridized carbons (Fsp3) is 0.500. The highest BCUT2D eigenvalue weighted by atomic mass is 32.2. The molecule has 8 nitrogen and oxygen atoms in total. The maximum atomic E-state index is 12.5. The van der Waals surface area contributed by atoms with E-state index in [9.17, 15) is 9.59 Å². The van der Waals surface area contributed by atoms with E-state index in [0.717, 1.165) is 29.0 Å². The van der Waals surface area contributed by atoms with Gasteiger partial charge in [-0.25, -0.2) is 0 Å². The van der Waals surface area contributed by atoms with Gasteiger partial charge in [-0.3, -0.25) is 9.59 Å². The molecule has 2 heterocycles. The molecule has 1 fully saturated rings. The molecule has 3 rings (SSSR count). The van der Waals surface area contributed by atoms with Gasteiger partial charge in [-0.05, 0) is 12.0 Å². The van der Waals surface area contributed by atoms with Crippen molar-refractivity contribution in [3.8, 4) is 0 Å². The van der Waals surface area contributed by atoms with Crippen LogP contribution >= 0.6 is 23.1 Å². The first-order valence-electron chi connectivity index (χ1n) is 9.94. The minimum Gasteiger partial charge on any atom is -0.383 e. The SMILES string of the molecule is COCCNC(=O)CSc1nnc(N2CCN(C(=O)CCc3ccccc3)CC2)s1. The van der Waals surface area contributed by atoms with Gasteiger partial charge in [0.25, 0.3) is 0 Å². The van der Waals surface area contributed by atoms with Gasteiger partial charge in [0.2, 0.25) is 16.9 Å². The van der Waals surface area contributed by atoms with Gasteiger partial charge in [0.05, 0.1) is 12.4 Å². The minimum atomic E-state index is -0.0450. The van der Waals surface area contributed by atoms with Crippen molar-refractivity contribution in [1.29, 1.82) is 0 Å². The van der Waals surface area contributed by atoms with Crippen molar-refractivity contribution in [3.05, 3.63) is 35.9 Å². The molecule has 162 valence electrons. The maximum Gasteiger partial charge on any atom is 0.230 e. The molecule has 0 atom stereocenters. The molecule has 1 N–H and O–H groups in total. The Balaban J connectivity index is 1.38. The molecule has 0 saturated carbocycles. The number of methoxy groups -OCH3 is 1. The summed E-state index contributed by atoms with van der Waals surface area (Å²) in [6.45, 7) is 3.88. The van der Waals surface area contributed by atoms with Gasteiger partial charge in [0.15, 0.2) is 4.34 Å². The van der Waals surface area contributed by atoms with Crippen LogP contribution in [0.2, 0.25) is 0 Å². The van der Waals surface area contributed by atoms with Gasteiger partial charge in [0, 0.05) is 46.3 Å². The number of nitrogens with zero attached hydrogens (tertiary/aromatic N) is 4. The summed E-state index contributed by atoms with van der Waals surface area (Å²) in [7, 11) is 1.60. The molecular formula is C20H27N5O3S2. The van der Waals surface area contributed by atoms with E-state index >= 15 is 0 Å². The molecule has 1 saturated heterocycles. The second kappa shape index (κ2) is 11.9. The molecule has 1 aromatic carbocycles. The molecule has 1 aliphatic heterocycles. The third kappa shape index (κ3) is 6.96. The highest BCUT2D eigenvalue weighted by Gasteiger charge is 2.23. The van der Waals surface area contributed by atoms with Crippen LogP contribution in [0.3, 0.4) is 0 Å². The van der Waals surface area contributed by atoms with E-state index in [1.165, 1.54) is 28.7 Å². The van der Waals surface area contributed by atoms with E-state index in [0.29, 0.717) is 38.4 Å². The number of ether oxygens (including phenoxy) is 1. The number of hydrogen-bond donors (Lipinski definition) is 1. The van der Waals surface area contributed by atoms with Crippen molar-refractivity contribution in [2.75, 3.05) is 57.1 Å². The van der Waals surface area contributed by atoms with Crippen molar-refractivity contribution >= 4 is 40.0 Å². The van der Waals surface area contributed by atoms with Crippen molar-refractivity contribution in [1.82, 2.24) is 20.4 Å². The van der Waals surface area contributed by atoms with Crippen LogP contribution in [-0.2, 0) is 20.7 Å². The van der Waals surface area contributed by atoms with Crippen molar-refractivity contribution in [3.63, 3.8) is 0 Å². The molecule has 30 heavy (non-hydrogen) atoms. The average molecular weight is 450 g/mol. The predicted molar refractivity (Wildman–Crippen MR) is 119 cm³/mol. The molecule has 0 bridgehead atoms. The van der Waals surface area contributed by atoms with E-state index in [1.54, 1.807) is 7.11 Å². The molecule has 0 unspecified atom stereocenters. The van der Waals surface area contributed by atoms with Gasteiger partial charge in [-0.1, -0.05) is 53.4 Å². The summed E-state index contributed by atoms with van der Waals surface area (Å²) in [6.07, 6.45) is 1.31. The van der Waals surface area contributed by atoms with E-state index in [4.69, 9.17) is 4.74 Å². The molecule has 0 spiro atoms. The standard InChI is InChI=1S/C20H27N5O3S2/c1-28-14-9-21-17(26)15-29-20-23-22-19(30-20)25-12-10-24(11-13-25)18(27)8-7-16-5-3-2-4-6-16/h2-6H,7-15H2,1H3,(H,21,26). The van der Waals surface area contributed by atoms with Crippen LogP contribution in [0.25, 0.3) is 0 Å². The second-order valence-electron chi connectivity index (χ2n) is 6.84. The Labute approximate surface area is 185 Å². The zero-order valence-corrected chi connectivity index (χ0v) is 18.7. The number of thioether (sulfide) groups is 1. The van der Waals surface area contributed by atoms with Gasteiger partial charge in [-0.2, -0.15) is 0 Å². The first-order valence-corrected chi connectivity index (χ1v) is 11.7. The Morgan fingerprint density at radius 2 is 1.93 bits per heavy atom. The topological polar surface area (TPSA) is 87.7 Å². The smallest absolute Gasteiger partial charge is 0.230 e. The second-order valence-corrected chi connectivity index (χ2v) is 9.01. The zero-order valence-electron chi connectivity index (χ0n) is 17.1. The number of aromatic nitrogens is 2. The number of rotatable bonds is 10. The first-order chi connectivity index (χ1) is 14.7. The minimum absolute atomic E-state index is 0.0450. The number of amides is 2. The fourth-order valence-corrected chi connectivity index (χ4v) is 4.78. The lowest BCUT2D eigenvalue weighted by Crippen LogP contribution is -2.48. The lowest BCUT2D eigenvalue weighted by Gasteiger charge is -2.34. The van der Waals surface area contributed by atoms with Gasteiger partial charge >= 0.3 is 0 Å². The van der Waals surface area contributed by atoms with E-state index in [1.807, 2.05) is 23.1 Å². The number of benzene rings is 1. The van der Waals surface area contributed by atoms with Gasteiger partial charge in [-0.15, -0.1) is 10.2 Å². The van der Waals surface area contributed by atoms with Crippen molar-refractivity contribution in [2.24, 2.45) is 0 Å². The van der Waals surface area contributed by atoms with Crippen LogP contribution in [-0.4, -0.2) is 79.1 Å². The van der Waals surface area contributed by atoms with Crippen LogP contribution in [0.4, 0.5) is 5.13 Å². The van der Waals surface area contributed by atoms with Gasteiger partial charge in [0.1, 0.15) is 0 Å². The summed E-state index contributed by atoms with van der Waals surface area (Å²) in [6, 6.07) is 10.1. The number of carbonyl (C=O) groups excluding carboxylic acids is 2. The van der Waals surface area contributed by atoms with Crippen molar-refractivity contribution in [2.45, 2.75) is 17.2 Å². The first kappa shape index (κ1) is 22.5. The predicted octanol–water partition coefficient (Wildman–Crippen LogP) is 1.67. The van der Waals surface area contributed by atoms with Crippen molar-refractivity contribution < 1.29 is 14.3 Å². The Kier molecular flexibility index (Phi) is 8.91. The van der Waals surface area contributed by atoms with Crippen LogP contribution in [0.15, 0.2) is 34.7 Å². The number of hydrogen-bond acceptors (Lipinski definition) is 8. The quantitative estimate of drug-likeness (QED) is 0.436. The normalized spacial score (nSPS) is 14.0. The summed E-state index contributed by atoms with van der Waals surface area (Å²) < 4.78 is 5.68. The average Bonchev–Trinajstić information content (AvgIpc) is 3.26. The number of carbonyl (C=O) groups is 2. The highest BCUT2D eigenvalue weighted by molar-refractivity contribution is 8.01. The Hall–Kier alpha value is -2.17. The van der Waals surface area contributed by atoms with Crippen LogP contribution in [0.1, 0.15) is 12.0 Å².